The van der Waals surface area contributed by atoms with Crippen molar-refractivity contribution in [2.24, 2.45) is 0 Å². The molecule has 0 N–H and O–H groups in total. The number of hydrogen-bond acceptors (Lipinski definition) is 1. The van der Waals surface area contributed by atoms with Crippen molar-refractivity contribution in [3.8, 4) is 0 Å². The zero-order valence-electron chi connectivity index (χ0n) is 9.01. The standard InChI is InChI=1S/C11H17ClOSi/c1-10-6-4-5-7-11(10)14(2,3)13-9-8-12/h4-7H,8-9H2,1-3H3. The Kier molecular flexibility index (Phi) is 4.17. The van der Waals surface area contributed by atoms with Crippen molar-refractivity contribution in [3.63, 3.8) is 0 Å². The fourth-order valence-corrected chi connectivity index (χ4v) is 4.12. The van der Waals surface area contributed by atoms with Crippen molar-refractivity contribution in [1.82, 2.24) is 0 Å². The van der Waals surface area contributed by atoms with E-state index in [1.165, 1.54) is 10.8 Å². The van der Waals surface area contributed by atoms with Gasteiger partial charge in [-0.05, 0) is 30.8 Å². The molecule has 0 radical (unpaired) electrons. The third kappa shape index (κ3) is 2.84. The lowest BCUT2D eigenvalue weighted by Gasteiger charge is -2.24. The average Bonchev–Trinajstić information content (AvgIpc) is 2.15. The second kappa shape index (κ2) is 4.96. The second-order valence-electron chi connectivity index (χ2n) is 3.86. The highest BCUT2D eigenvalue weighted by atomic mass is 35.5. The lowest BCUT2D eigenvalue weighted by atomic mass is 10.2. The summed E-state index contributed by atoms with van der Waals surface area (Å²) in [6.07, 6.45) is 0. The molecule has 14 heavy (non-hydrogen) atoms. The van der Waals surface area contributed by atoms with Crippen LogP contribution in [0.15, 0.2) is 24.3 Å². The Bertz CT molecular complexity index is 299. The molecule has 0 aliphatic rings. The number of halogens is 1. The summed E-state index contributed by atoms with van der Waals surface area (Å²) >= 11 is 5.63. The molecule has 0 aliphatic carbocycles. The summed E-state index contributed by atoms with van der Waals surface area (Å²) in [5.74, 6) is 0.572. The minimum Gasteiger partial charge on any atom is -0.412 e. The Morgan fingerprint density at radius 1 is 1.29 bits per heavy atom. The third-order valence-electron chi connectivity index (χ3n) is 2.33. The number of benzene rings is 1. The number of aryl methyl sites for hydroxylation is 1. The van der Waals surface area contributed by atoms with Crippen LogP contribution in [-0.2, 0) is 4.43 Å². The van der Waals surface area contributed by atoms with E-state index in [2.05, 4.69) is 44.3 Å². The van der Waals surface area contributed by atoms with Crippen LogP contribution in [0.25, 0.3) is 0 Å². The van der Waals surface area contributed by atoms with E-state index in [1.54, 1.807) is 0 Å². The molecule has 1 nitrogen and oxygen atoms in total. The smallest absolute Gasteiger partial charge is 0.218 e. The first-order valence-electron chi connectivity index (χ1n) is 4.84. The van der Waals surface area contributed by atoms with E-state index in [4.69, 9.17) is 16.0 Å². The van der Waals surface area contributed by atoms with Crippen molar-refractivity contribution in [3.05, 3.63) is 29.8 Å². The molecule has 0 heterocycles. The van der Waals surface area contributed by atoms with Gasteiger partial charge >= 0.3 is 0 Å². The van der Waals surface area contributed by atoms with Gasteiger partial charge in [-0.15, -0.1) is 11.6 Å². The van der Waals surface area contributed by atoms with Crippen LogP contribution in [0.3, 0.4) is 0 Å². The van der Waals surface area contributed by atoms with Crippen molar-refractivity contribution < 1.29 is 4.43 Å². The van der Waals surface area contributed by atoms with Gasteiger partial charge in [0.05, 0.1) is 0 Å². The van der Waals surface area contributed by atoms with E-state index < -0.39 is 8.32 Å². The molecule has 1 rings (SSSR count). The Balaban J connectivity index is 2.86. The van der Waals surface area contributed by atoms with E-state index in [0.717, 1.165) is 0 Å². The molecule has 78 valence electrons. The molecule has 1 aromatic rings. The molecule has 0 spiro atoms. The summed E-state index contributed by atoms with van der Waals surface area (Å²) in [6, 6.07) is 8.43. The number of hydrogen-bond donors (Lipinski definition) is 0. The Morgan fingerprint density at radius 2 is 1.93 bits per heavy atom. The van der Waals surface area contributed by atoms with Gasteiger partial charge in [0, 0.05) is 12.5 Å². The first-order valence-corrected chi connectivity index (χ1v) is 8.28. The van der Waals surface area contributed by atoms with Gasteiger partial charge < -0.3 is 4.43 Å². The Hall–Kier alpha value is -0.313. The maximum Gasteiger partial charge on any atom is 0.218 e. The van der Waals surface area contributed by atoms with Crippen molar-refractivity contribution >= 4 is 25.1 Å². The average molecular weight is 229 g/mol. The zero-order valence-corrected chi connectivity index (χ0v) is 10.8. The lowest BCUT2D eigenvalue weighted by Crippen LogP contribution is -2.46. The highest BCUT2D eigenvalue weighted by molar-refractivity contribution is 6.84. The molecular weight excluding hydrogens is 212 g/mol. The highest BCUT2D eigenvalue weighted by Gasteiger charge is 2.26. The largest absolute Gasteiger partial charge is 0.412 e. The molecule has 0 amide bonds. The molecule has 3 heteroatoms. The summed E-state index contributed by atoms with van der Waals surface area (Å²) in [5, 5.41) is 1.37. The normalized spacial score (nSPS) is 11.7. The minimum absolute atomic E-state index is 0.572. The van der Waals surface area contributed by atoms with Gasteiger partial charge in [0.15, 0.2) is 0 Å². The third-order valence-corrected chi connectivity index (χ3v) is 5.27. The van der Waals surface area contributed by atoms with Crippen LogP contribution in [-0.4, -0.2) is 20.8 Å². The first-order chi connectivity index (χ1) is 6.58. The topological polar surface area (TPSA) is 9.23 Å². The predicted molar refractivity (Wildman–Crippen MR) is 65.0 cm³/mol. The fraction of sp³-hybridized carbons (Fsp3) is 0.455. The summed E-state index contributed by atoms with van der Waals surface area (Å²) in [6.45, 7) is 7.20. The fourth-order valence-electron chi connectivity index (χ4n) is 1.62. The van der Waals surface area contributed by atoms with E-state index in [0.29, 0.717) is 12.5 Å². The van der Waals surface area contributed by atoms with Crippen molar-refractivity contribution in [2.45, 2.75) is 20.0 Å². The quantitative estimate of drug-likeness (QED) is 0.569. The molecule has 0 fully saturated rings. The highest BCUT2D eigenvalue weighted by Crippen LogP contribution is 2.08. The molecule has 0 aliphatic heterocycles. The van der Waals surface area contributed by atoms with E-state index in [9.17, 15) is 0 Å². The summed E-state index contributed by atoms with van der Waals surface area (Å²) in [4.78, 5) is 0. The molecule has 0 unspecified atom stereocenters. The van der Waals surface area contributed by atoms with Gasteiger partial charge in [-0.25, -0.2) is 0 Å². The monoisotopic (exact) mass is 228 g/mol. The SMILES string of the molecule is Cc1ccccc1[Si](C)(C)OCCCl. The van der Waals surface area contributed by atoms with Gasteiger partial charge in [0.25, 0.3) is 0 Å². The van der Waals surface area contributed by atoms with Crippen LogP contribution in [0.4, 0.5) is 0 Å². The number of rotatable bonds is 4. The van der Waals surface area contributed by atoms with Gasteiger partial charge in [-0.1, -0.05) is 24.3 Å². The molecular formula is C11H17ClOSi. The van der Waals surface area contributed by atoms with Crippen LogP contribution in [0.5, 0.6) is 0 Å². The maximum atomic E-state index is 5.85. The molecule has 0 aromatic heterocycles. The molecule has 0 saturated carbocycles. The van der Waals surface area contributed by atoms with Crippen LogP contribution in [0.2, 0.25) is 13.1 Å². The molecule has 1 aromatic carbocycles. The van der Waals surface area contributed by atoms with E-state index in [1.807, 2.05) is 0 Å². The van der Waals surface area contributed by atoms with E-state index in [-0.39, 0.29) is 0 Å². The molecule has 0 bridgehead atoms. The Morgan fingerprint density at radius 3 is 2.50 bits per heavy atom. The van der Waals surface area contributed by atoms with Crippen molar-refractivity contribution in [1.29, 1.82) is 0 Å². The predicted octanol–water partition coefficient (Wildman–Crippen LogP) is 2.66. The van der Waals surface area contributed by atoms with Gasteiger partial charge in [-0.2, -0.15) is 0 Å². The van der Waals surface area contributed by atoms with Crippen molar-refractivity contribution in [2.75, 3.05) is 12.5 Å². The van der Waals surface area contributed by atoms with Crippen LogP contribution in [0, 0.1) is 6.92 Å². The van der Waals surface area contributed by atoms with Gasteiger partial charge in [0.2, 0.25) is 8.32 Å². The van der Waals surface area contributed by atoms with Crippen LogP contribution in [0.1, 0.15) is 5.56 Å². The van der Waals surface area contributed by atoms with Crippen LogP contribution < -0.4 is 5.19 Å². The van der Waals surface area contributed by atoms with E-state index >= 15 is 0 Å². The maximum absolute atomic E-state index is 5.85. The summed E-state index contributed by atoms with van der Waals surface area (Å²) in [7, 11) is -1.73. The van der Waals surface area contributed by atoms with Crippen LogP contribution >= 0.6 is 11.6 Å². The molecule has 0 atom stereocenters. The lowest BCUT2D eigenvalue weighted by molar-refractivity contribution is 0.341. The van der Waals surface area contributed by atoms with Gasteiger partial charge in [0.1, 0.15) is 0 Å². The minimum atomic E-state index is -1.73. The Labute approximate surface area is 92.2 Å². The summed E-state index contributed by atoms with van der Waals surface area (Å²) in [5.41, 5.74) is 1.32. The summed E-state index contributed by atoms with van der Waals surface area (Å²) < 4.78 is 5.85. The molecule has 0 saturated heterocycles. The first kappa shape index (κ1) is 11.8. The number of alkyl halides is 1. The zero-order chi connectivity index (χ0) is 10.6. The second-order valence-corrected chi connectivity index (χ2v) is 8.09. The van der Waals surface area contributed by atoms with Gasteiger partial charge in [-0.3, -0.25) is 0 Å².